The van der Waals surface area contributed by atoms with E-state index in [9.17, 15) is 0 Å². The molecule has 0 radical (unpaired) electrons. The number of hydrogen-bond acceptors (Lipinski definition) is 4. The summed E-state index contributed by atoms with van der Waals surface area (Å²) in [6, 6.07) is 4.39. The van der Waals surface area contributed by atoms with Gasteiger partial charge in [0, 0.05) is 42.3 Å². The average Bonchev–Trinajstić information content (AvgIpc) is 2.46. The van der Waals surface area contributed by atoms with Gasteiger partial charge in [-0.3, -0.25) is 4.98 Å². The predicted octanol–water partition coefficient (Wildman–Crippen LogP) is 2.70. The highest BCUT2D eigenvalue weighted by molar-refractivity contribution is 5.28. The van der Waals surface area contributed by atoms with Crippen LogP contribution in [-0.4, -0.2) is 22.0 Å². The number of fused-ring (bicyclic) bond motifs is 1. The first-order chi connectivity index (χ1) is 10.1. The number of rotatable bonds is 3. The van der Waals surface area contributed by atoms with Crippen molar-refractivity contribution in [1.82, 2.24) is 20.3 Å². The smallest absolute Gasteiger partial charge is 0.132 e. The van der Waals surface area contributed by atoms with Gasteiger partial charge in [0.15, 0.2) is 0 Å². The minimum Gasteiger partial charge on any atom is -0.313 e. The van der Waals surface area contributed by atoms with Crippen LogP contribution < -0.4 is 5.32 Å². The molecule has 2 aromatic heterocycles. The molecule has 3 rings (SSSR count). The van der Waals surface area contributed by atoms with Crippen molar-refractivity contribution < 1.29 is 0 Å². The maximum Gasteiger partial charge on any atom is 0.132 e. The Balaban J connectivity index is 1.90. The third-order valence-electron chi connectivity index (χ3n) is 4.19. The Morgan fingerprint density at radius 2 is 2.05 bits per heavy atom. The molecular weight excluding hydrogens is 260 g/mol. The van der Waals surface area contributed by atoms with E-state index in [2.05, 4.69) is 29.1 Å². The molecule has 0 aromatic carbocycles. The minimum absolute atomic E-state index is 0.281. The third-order valence-corrected chi connectivity index (χ3v) is 4.19. The van der Waals surface area contributed by atoms with E-state index in [0.29, 0.717) is 6.04 Å². The molecule has 0 spiro atoms. The molecule has 4 nitrogen and oxygen atoms in total. The normalized spacial score (nSPS) is 20.0. The molecule has 1 atom stereocenters. The molecule has 21 heavy (non-hydrogen) atoms. The summed E-state index contributed by atoms with van der Waals surface area (Å²) >= 11 is 0. The number of nitrogens with zero attached hydrogens (tertiary/aromatic N) is 3. The second kappa shape index (κ2) is 5.53. The molecule has 0 aliphatic heterocycles. The summed E-state index contributed by atoms with van der Waals surface area (Å²) in [7, 11) is 2.01. The highest BCUT2D eigenvalue weighted by Crippen LogP contribution is 2.39. The summed E-state index contributed by atoms with van der Waals surface area (Å²) in [5.41, 5.74) is 3.94. The van der Waals surface area contributed by atoms with Gasteiger partial charge in [0.1, 0.15) is 5.82 Å². The molecule has 2 aromatic rings. The van der Waals surface area contributed by atoms with Crippen LogP contribution in [0.25, 0.3) is 0 Å². The van der Waals surface area contributed by atoms with E-state index < -0.39 is 0 Å². The van der Waals surface area contributed by atoms with Crippen molar-refractivity contribution in [1.29, 1.82) is 0 Å². The molecule has 0 amide bonds. The summed E-state index contributed by atoms with van der Waals surface area (Å²) in [5.74, 6) is 0.896. The number of aromatic nitrogens is 3. The van der Waals surface area contributed by atoms with E-state index in [4.69, 9.17) is 4.98 Å². The van der Waals surface area contributed by atoms with Gasteiger partial charge in [0.25, 0.3) is 0 Å². The molecule has 0 fully saturated rings. The molecule has 4 heteroatoms. The van der Waals surface area contributed by atoms with Crippen LogP contribution in [0, 0.1) is 5.41 Å². The zero-order valence-electron chi connectivity index (χ0n) is 12.9. The van der Waals surface area contributed by atoms with Crippen molar-refractivity contribution in [2.24, 2.45) is 5.41 Å². The third kappa shape index (κ3) is 3.10. The Morgan fingerprint density at radius 1 is 1.29 bits per heavy atom. The molecule has 2 heterocycles. The fourth-order valence-electron chi connectivity index (χ4n) is 3.11. The first kappa shape index (κ1) is 14.1. The highest BCUT2D eigenvalue weighted by atomic mass is 14.9. The van der Waals surface area contributed by atoms with Gasteiger partial charge >= 0.3 is 0 Å². The van der Waals surface area contributed by atoms with Crippen LogP contribution in [0.5, 0.6) is 0 Å². The van der Waals surface area contributed by atoms with Gasteiger partial charge in [-0.2, -0.15) is 0 Å². The van der Waals surface area contributed by atoms with Crippen LogP contribution in [0.3, 0.4) is 0 Å². The minimum atomic E-state index is 0.281. The largest absolute Gasteiger partial charge is 0.313 e. The van der Waals surface area contributed by atoms with Gasteiger partial charge in [-0.05, 0) is 43.0 Å². The Bertz CT molecular complexity index is 622. The quantitative estimate of drug-likeness (QED) is 0.940. The second-order valence-electron chi connectivity index (χ2n) is 6.61. The zero-order chi connectivity index (χ0) is 14.9. The van der Waals surface area contributed by atoms with Crippen LogP contribution in [0.4, 0.5) is 0 Å². The maximum atomic E-state index is 4.83. The molecule has 110 valence electrons. The Kier molecular flexibility index (Phi) is 3.72. The van der Waals surface area contributed by atoms with E-state index in [1.807, 2.05) is 37.8 Å². The molecule has 0 saturated heterocycles. The first-order valence-electron chi connectivity index (χ1n) is 7.48. The van der Waals surface area contributed by atoms with E-state index in [0.717, 1.165) is 25.1 Å². The van der Waals surface area contributed by atoms with Crippen LogP contribution in [0.1, 0.15) is 49.0 Å². The fraction of sp³-hybridized carbons (Fsp3) is 0.471. The number of pyridine rings is 1. The topological polar surface area (TPSA) is 50.7 Å². The van der Waals surface area contributed by atoms with Crippen LogP contribution in [0.2, 0.25) is 0 Å². The van der Waals surface area contributed by atoms with Gasteiger partial charge in [-0.15, -0.1) is 0 Å². The van der Waals surface area contributed by atoms with Crippen molar-refractivity contribution in [2.75, 3.05) is 7.05 Å². The summed E-state index contributed by atoms with van der Waals surface area (Å²) in [6.07, 6.45) is 8.55. The molecule has 1 aliphatic rings. The standard InChI is InChI=1S/C17H22N4/c1-17(2)9-14(18-3)13-11-20-16(21-15(13)10-17)8-12-4-6-19-7-5-12/h4-7,11,14,18H,8-10H2,1-3H3. The van der Waals surface area contributed by atoms with Gasteiger partial charge < -0.3 is 5.32 Å². The van der Waals surface area contributed by atoms with Crippen LogP contribution in [0.15, 0.2) is 30.7 Å². The van der Waals surface area contributed by atoms with E-state index in [-0.39, 0.29) is 5.41 Å². The number of hydrogen-bond donors (Lipinski definition) is 1. The summed E-state index contributed by atoms with van der Waals surface area (Å²) in [5, 5.41) is 3.40. The Morgan fingerprint density at radius 3 is 2.76 bits per heavy atom. The Hall–Kier alpha value is -1.81. The van der Waals surface area contributed by atoms with E-state index >= 15 is 0 Å². The molecule has 1 aliphatic carbocycles. The predicted molar refractivity (Wildman–Crippen MR) is 83.0 cm³/mol. The lowest BCUT2D eigenvalue weighted by Crippen LogP contribution is -2.32. The molecule has 1 unspecified atom stereocenters. The molecular formula is C17H22N4. The summed E-state index contributed by atoms with van der Waals surface area (Å²) in [4.78, 5) is 13.4. The average molecular weight is 282 g/mol. The van der Waals surface area contributed by atoms with E-state index in [1.165, 1.54) is 16.8 Å². The maximum absolute atomic E-state index is 4.83. The lowest BCUT2D eigenvalue weighted by Gasteiger charge is -2.36. The lowest BCUT2D eigenvalue weighted by molar-refractivity contribution is 0.260. The molecule has 0 saturated carbocycles. The van der Waals surface area contributed by atoms with Crippen molar-refractivity contribution in [3.05, 3.63) is 53.4 Å². The lowest BCUT2D eigenvalue weighted by atomic mass is 9.74. The van der Waals surface area contributed by atoms with Crippen molar-refractivity contribution in [3.63, 3.8) is 0 Å². The second-order valence-corrected chi connectivity index (χ2v) is 6.61. The fourth-order valence-corrected chi connectivity index (χ4v) is 3.11. The molecule has 1 N–H and O–H groups in total. The van der Waals surface area contributed by atoms with Gasteiger partial charge in [-0.25, -0.2) is 9.97 Å². The monoisotopic (exact) mass is 282 g/mol. The Labute approximate surface area is 126 Å². The zero-order valence-corrected chi connectivity index (χ0v) is 12.9. The van der Waals surface area contributed by atoms with Crippen molar-refractivity contribution in [3.8, 4) is 0 Å². The summed E-state index contributed by atoms with van der Waals surface area (Å²) < 4.78 is 0. The SMILES string of the molecule is CNC1CC(C)(C)Cc2nc(Cc3ccncc3)ncc21. The van der Waals surface area contributed by atoms with Crippen molar-refractivity contribution >= 4 is 0 Å². The van der Waals surface area contributed by atoms with Crippen LogP contribution in [-0.2, 0) is 12.8 Å². The van der Waals surface area contributed by atoms with E-state index in [1.54, 1.807) is 0 Å². The van der Waals surface area contributed by atoms with Gasteiger partial charge in [-0.1, -0.05) is 13.8 Å². The van der Waals surface area contributed by atoms with Crippen molar-refractivity contribution in [2.45, 2.75) is 39.2 Å². The molecule has 0 bridgehead atoms. The first-order valence-corrected chi connectivity index (χ1v) is 7.48. The van der Waals surface area contributed by atoms with Gasteiger partial charge in [0.2, 0.25) is 0 Å². The highest BCUT2D eigenvalue weighted by Gasteiger charge is 2.32. The number of nitrogens with one attached hydrogen (secondary N) is 1. The summed E-state index contributed by atoms with van der Waals surface area (Å²) in [6.45, 7) is 4.62. The van der Waals surface area contributed by atoms with Gasteiger partial charge in [0.05, 0.1) is 0 Å². The van der Waals surface area contributed by atoms with Crippen LogP contribution >= 0.6 is 0 Å².